The molecule has 1 aromatic carbocycles. The van der Waals surface area contributed by atoms with Crippen LogP contribution in [0.5, 0.6) is 0 Å². The summed E-state index contributed by atoms with van der Waals surface area (Å²) in [4.78, 5) is 7.40. The fourth-order valence-corrected chi connectivity index (χ4v) is 2.58. The normalized spacial score (nSPS) is 11.3. The molecule has 6 nitrogen and oxygen atoms in total. The first kappa shape index (κ1) is 13.2. The zero-order chi connectivity index (χ0) is 14.0. The van der Waals surface area contributed by atoms with Gasteiger partial charge in [0.25, 0.3) is 10.0 Å². The monoisotopic (exact) mass is 282 g/mol. The van der Waals surface area contributed by atoms with Gasteiger partial charge >= 0.3 is 0 Å². The van der Waals surface area contributed by atoms with Crippen molar-refractivity contribution < 1.29 is 12.8 Å². The van der Waals surface area contributed by atoms with Gasteiger partial charge in [-0.15, -0.1) is 0 Å². The van der Waals surface area contributed by atoms with E-state index in [1.165, 1.54) is 31.6 Å². The Labute approximate surface area is 109 Å². The summed E-state index contributed by atoms with van der Waals surface area (Å²) in [5, 5.41) is 0. The molecule has 19 heavy (non-hydrogen) atoms. The first-order valence-electron chi connectivity index (χ1n) is 5.24. The van der Waals surface area contributed by atoms with Crippen LogP contribution in [0.15, 0.2) is 35.6 Å². The number of hydrogen-bond acceptors (Lipinski definition) is 5. The van der Waals surface area contributed by atoms with E-state index in [1.54, 1.807) is 0 Å². The molecule has 0 atom stereocenters. The molecule has 0 aliphatic carbocycles. The third-order valence-corrected chi connectivity index (χ3v) is 3.70. The van der Waals surface area contributed by atoms with Crippen LogP contribution in [0.3, 0.4) is 0 Å². The maximum Gasteiger partial charge on any atom is 0.263 e. The number of hydrogen-bond donors (Lipinski definition) is 2. The van der Waals surface area contributed by atoms with E-state index in [0.29, 0.717) is 0 Å². The molecule has 0 amide bonds. The molecule has 2 rings (SSSR count). The fourth-order valence-electron chi connectivity index (χ4n) is 1.47. The Morgan fingerprint density at radius 1 is 1.32 bits per heavy atom. The summed E-state index contributed by atoms with van der Waals surface area (Å²) in [7, 11) is -3.87. The fraction of sp³-hybridized carbons (Fsp3) is 0.0909. The molecule has 0 spiro atoms. The number of nitrogen functional groups attached to an aromatic ring is 1. The lowest BCUT2D eigenvalue weighted by Crippen LogP contribution is -2.15. The number of nitrogens with one attached hydrogen (secondary N) is 1. The molecule has 0 fully saturated rings. The second-order valence-corrected chi connectivity index (χ2v) is 5.52. The van der Waals surface area contributed by atoms with Gasteiger partial charge in [-0.05, 0) is 24.6 Å². The molecule has 0 aliphatic heterocycles. The highest BCUT2D eigenvalue weighted by Crippen LogP contribution is 2.22. The first-order valence-corrected chi connectivity index (χ1v) is 6.73. The molecular formula is C11H11FN4O2S. The zero-order valence-corrected chi connectivity index (χ0v) is 10.8. The number of aryl methyl sites for hydroxylation is 1. The van der Waals surface area contributed by atoms with Gasteiger partial charge in [-0.1, -0.05) is 0 Å². The Balaban J connectivity index is 2.40. The minimum atomic E-state index is -3.87. The Morgan fingerprint density at radius 2 is 2.05 bits per heavy atom. The van der Waals surface area contributed by atoms with Crippen LogP contribution >= 0.6 is 0 Å². The van der Waals surface area contributed by atoms with Crippen molar-refractivity contribution in [3.8, 4) is 0 Å². The van der Waals surface area contributed by atoms with Crippen molar-refractivity contribution in [3.63, 3.8) is 0 Å². The summed E-state index contributed by atoms with van der Waals surface area (Å²) in [6.45, 7) is 1.44. The maximum absolute atomic E-state index is 13.4. The molecular weight excluding hydrogens is 271 g/mol. The Hall–Kier alpha value is -2.22. The van der Waals surface area contributed by atoms with E-state index in [4.69, 9.17) is 5.73 Å². The number of rotatable bonds is 3. The highest BCUT2D eigenvalue weighted by atomic mass is 32.2. The molecule has 1 heterocycles. The number of anilines is 2. The van der Waals surface area contributed by atoms with E-state index in [0.717, 1.165) is 6.07 Å². The molecule has 0 bridgehead atoms. The molecule has 8 heteroatoms. The smallest absolute Gasteiger partial charge is 0.263 e. The van der Waals surface area contributed by atoms with Crippen LogP contribution in [0.1, 0.15) is 5.56 Å². The number of aromatic nitrogens is 2. The number of nitrogens with two attached hydrogens (primary N) is 1. The predicted octanol–water partition coefficient (Wildman–Crippen LogP) is 1.31. The quantitative estimate of drug-likeness (QED) is 0.827. The summed E-state index contributed by atoms with van der Waals surface area (Å²) < 4.78 is 39.7. The number of nitrogens with zero attached hydrogens (tertiary/aromatic N) is 2. The highest BCUT2D eigenvalue weighted by molar-refractivity contribution is 7.92. The molecule has 3 N–H and O–H groups in total. The maximum atomic E-state index is 13.4. The van der Waals surface area contributed by atoms with Gasteiger partial charge in [0.15, 0.2) is 5.82 Å². The van der Waals surface area contributed by atoms with Crippen LogP contribution in [-0.2, 0) is 10.0 Å². The summed E-state index contributed by atoms with van der Waals surface area (Å²) in [6.07, 6.45) is 4.03. The Kier molecular flexibility index (Phi) is 3.34. The van der Waals surface area contributed by atoms with Gasteiger partial charge in [-0.3, -0.25) is 9.71 Å². The molecule has 2 aromatic rings. The van der Waals surface area contributed by atoms with Crippen LogP contribution in [0.4, 0.5) is 15.9 Å². The lowest BCUT2D eigenvalue weighted by molar-refractivity contribution is 0.599. The van der Waals surface area contributed by atoms with Crippen molar-refractivity contribution in [1.29, 1.82) is 0 Å². The summed E-state index contributed by atoms with van der Waals surface area (Å²) in [5.41, 5.74) is 5.35. The van der Waals surface area contributed by atoms with Crippen LogP contribution in [0.2, 0.25) is 0 Å². The second kappa shape index (κ2) is 4.81. The third kappa shape index (κ3) is 2.79. The molecule has 0 saturated heterocycles. The first-order chi connectivity index (χ1) is 8.90. The van der Waals surface area contributed by atoms with E-state index in [9.17, 15) is 12.8 Å². The lowest BCUT2D eigenvalue weighted by Gasteiger charge is -2.09. The second-order valence-electron chi connectivity index (χ2n) is 3.84. The number of benzene rings is 1. The van der Waals surface area contributed by atoms with Crippen molar-refractivity contribution in [3.05, 3.63) is 42.1 Å². The van der Waals surface area contributed by atoms with Crippen molar-refractivity contribution in [2.24, 2.45) is 0 Å². The van der Waals surface area contributed by atoms with Gasteiger partial charge in [0.05, 0.1) is 16.8 Å². The molecule has 0 aliphatic rings. The highest BCUT2D eigenvalue weighted by Gasteiger charge is 2.18. The summed E-state index contributed by atoms with van der Waals surface area (Å²) in [6, 6.07) is 2.26. The Morgan fingerprint density at radius 3 is 2.63 bits per heavy atom. The zero-order valence-electron chi connectivity index (χ0n) is 9.96. The topological polar surface area (TPSA) is 98.0 Å². The van der Waals surface area contributed by atoms with E-state index in [2.05, 4.69) is 14.7 Å². The average Bonchev–Trinajstić information content (AvgIpc) is 2.36. The minimum absolute atomic E-state index is 0.0723. The summed E-state index contributed by atoms with van der Waals surface area (Å²) >= 11 is 0. The van der Waals surface area contributed by atoms with Gasteiger partial charge in [-0.2, -0.15) is 0 Å². The van der Waals surface area contributed by atoms with Crippen molar-refractivity contribution in [2.45, 2.75) is 11.8 Å². The molecule has 0 saturated carbocycles. The Bertz CT molecular complexity index is 681. The molecule has 100 valence electrons. The van der Waals surface area contributed by atoms with Crippen molar-refractivity contribution >= 4 is 21.5 Å². The molecule has 1 aromatic heterocycles. The van der Waals surface area contributed by atoms with Gasteiger partial charge in [0.2, 0.25) is 0 Å². The van der Waals surface area contributed by atoms with Crippen molar-refractivity contribution in [1.82, 2.24) is 9.97 Å². The number of halogens is 1. The van der Waals surface area contributed by atoms with Crippen LogP contribution < -0.4 is 10.5 Å². The van der Waals surface area contributed by atoms with Gasteiger partial charge in [-0.25, -0.2) is 17.8 Å². The summed E-state index contributed by atoms with van der Waals surface area (Å²) in [5.74, 6) is -0.554. The largest absolute Gasteiger partial charge is 0.396 e. The molecule has 0 radical (unpaired) electrons. The lowest BCUT2D eigenvalue weighted by atomic mass is 10.2. The van der Waals surface area contributed by atoms with E-state index in [1.807, 2.05) is 0 Å². The van der Waals surface area contributed by atoms with Crippen LogP contribution in [0.25, 0.3) is 0 Å². The minimum Gasteiger partial charge on any atom is -0.396 e. The average molecular weight is 282 g/mol. The van der Waals surface area contributed by atoms with Gasteiger partial charge in [0.1, 0.15) is 5.82 Å². The number of sulfonamides is 1. The van der Waals surface area contributed by atoms with Crippen LogP contribution in [-0.4, -0.2) is 18.4 Å². The van der Waals surface area contributed by atoms with Crippen LogP contribution in [0, 0.1) is 12.7 Å². The van der Waals surface area contributed by atoms with E-state index < -0.39 is 15.8 Å². The van der Waals surface area contributed by atoms with E-state index >= 15 is 0 Å². The SMILES string of the molecule is Cc1cc(S(=O)(=O)Nc2cnccn2)cc(N)c1F. The molecule has 0 unspecified atom stereocenters. The third-order valence-electron chi connectivity index (χ3n) is 2.37. The predicted molar refractivity (Wildman–Crippen MR) is 68.4 cm³/mol. The van der Waals surface area contributed by atoms with Crippen molar-refractivity contribution in [2.75, 3.05) is 10.5 Å². The van der Waals surface area contributed by atoms with Gasteiger partial charge < -0.3 is 5.73 Å². The van der Waals surface area contributed by atoms with E-state index in [-0.39, 0.29) is 22.0 Å². The van der Waals surface area contributed by atoms with Gasteiger partial charge in [0, 0.05) is 12.4 Å². The standard InChI is InChI=1S/C11H11FN4O2S/c1-7-4-8(5-9(13)11(7)12)19(17,18)16-10-6-14-2-3-15-10/h2-6H,13H2,1H3,(H,15,16).